The van der Waals surface area contributed by atoms with Crippen LogP contribution < -0.4 is 0 Å². The fraction of sp³-hybridized carbons (Fsp3) is 0.133. The lowest BCUT2D eigenvalue weighted by Gasteiger charge is -2.04. The van der Waals surface area contributed by atoms with E-state index in [9.17, 15) is 9.90 Å². The van der Waals surface area contributed by atoms with E-state index >= 15 is 0 Å². The predicted molar refractivity (Wildman–Crippen MR) is 77.8 cm³/mol. The Labute approximate surface area is 110 Å². The van der Waals surface area contributed by atoms with Crippen molar-refractivity contribution in [3.63, 3.8) is 0 Å². The van der Waals surface area contributed by atoms with Crippen LogP contribution in [0.5, 0.6) is 5.75 Å². The summed E-state index contributed by atoms with van der Waals surface area (Å²) in [6, 6.07) is 11.5. The van der Waals surface area contributed by atoms with Crippen LogP contribution in [-0.2, 0) is 4.79 Å². The van der Waals surface area contributed by atoms with E-state index in [0.29, 0.717) is 5.75 Å². The third-order valence-electron chi connectivity index (χ3n) is 2.62. The van der Waals surface area contributed by atoms with E-state index in [1.807, 2.05) is 42.5 Å². The topological polar surface area (TPSA) is 37.3 Å². The SMILES string of the molecule is CC(=O)SCC=Cc1c(O)ccc2ccccc12. The second kappa shape index (κ2) is 5.74. The van der Waals surface area contributed by atoms with Gasteiger partial charge in [0.05, 0.1) is 0 Å². The van der Waals surface area contributed by atoms with Crippen molar-refractivity contribution in [3.8, 4) is 5.75 Å². The highest BCUT2D eigenvalue weighted by atomic mass is 32.2. The Hall–Kier alpha value is -1.74. The van der Waals surface area contributed by atoms with Crippen LogP contribution in [0.4, 0.5) is 0 Å². The van der Waals surface area contributed by atoms with Gasteiger partial charge in [0.25, 0.3) is 0 Å². The summed E-state index contributed by atoms with van der Waals surface area (Å²) in [7, 11) is 0. The van der Waals surface area contributed by atoms with Crippen LogP contribution in [0.1, 0.15) is 12.5 Å². The zero-order valence-electron chi connectivity index (χ0n) is 10.1. The number of phenolic OH excluding ortho intramolecular Hbond substituents is 1. The minimum absolute atomic E-state index is 0.0989. The maximum Gasteiger partial charge on any atom is 0.186 e. The summed E-state index contributed by atoms with van der Waals surface area (Å²) in [5, 5.41) is 12.1. The largest absolute Gasteiger partial charge is 0.507 e. The monoisotopic (exact) mass is 258 g/mol. The zero-order chi connectivity index (χ0) is 13.0. The van der Waals surface area contributed by atoms with Gasteiger partial charge in [-0.1, -0.05) is 54.2 Å². The Kier molecular flexibility index (Phi) is 4.05. The molecule has 0 fully saturated rings. The van der Waals surface area contributed by atoms with Gasteiger partial charge < -0.3 is 5.11 Å². The van der Waals surface area contributed by atoms with Crippen molar-refractivity contribution in [3.05, 3.63) is 48.0 Å². The smallest absolute Gasteiger partial charge is 0.186 e. The molecule has 1 N–H and O–H groups in total. The van der Waals surface area contributed by atoms with Gasteiger partial charge in [-0.15, -0.1) is 0 Å². The third-order valence-corrected chi connectivity index (χ3v) is 3.38. The Morgan fingerprint density at radius 1 is 1.28 bits per heavy atom. The molecule has 18 heavy (non-hydrogen) atoms. The van der Waals surface area contributed by atoms with Crippen LogP contribution in [0.3, 0.4) is 0 Å². The first-order valence-corrected chi connectivity index (χ1v) is 6.67. The van der Waals surface area contributed by atoms with Crippen LogP contribution in [0.15, 0.2) is 42.5 Å². The highest BCUT2D eigenvalue weighted by Gasteiger charge is 2.02. The molecule has 0 aliphatic rings. The number of benzene rings is 2. The molecule has 0 aromatic heterocycles. The number of carbonyl (C=O) groups is 1. The molecule has 0 unspecified atom stereocenters. The average Bonchev–Trinajstić information content (AvgIpc) is 2.36. The minimum Gasteiger partial charge on any atom is -0.507 e. The van der Waals surface area contributed by atoms with Crippen molar-refractivity contribution in [1.82, 2.24) is 0 Å². The number of aromatic hydroxyl groups is 1. The summed E-state index contributed by atoms with van der Waals surface area (Å²) in [5.41, 5.74) is 0.803. The molecule has 0 saturated heterocycles. The maximum atomic E-state index is 10.8. The molecular formula is C15H14O2S. The van der Waals surface area contributed by atoms with Crippen LogP contribution in [-0.4, -0.2) is 16.0 Å². The number of carbonyl (C=O) groups excluding carboxylic acids is 1. The summed E-state index contributed by atoms with van der Waals surface area (Å²) in [6.07, 6.45) is 3.77. The Balaban J connectivity index is 2.31. The van der Waals surface area contributed by atoms with Crippen LogP contribution in [0.2, 0.25) is 0 Å². The lowest BCUT2D eigenvalue weighted by molar-refractivity contribution is -0.109. The molecule has 0 aliphatic heterocycles. The van der Waals surface area contributed by atoms with Crippen molar-refractivity contribution in [1.29, 1.82) is 0 Å². The number of phenols is 1. The van der Waals surface area contributed by atoms with Crippen LogP contribution >= 0.6 is 11.8 Å². The molecule has 92 valence electrons. The first kappa shape index (κ1) is 12.7. The molecule has 2 aromatic rings. The average molecular weight is 258 g/mol. The van der Waals surface area contributed by atoms with Gasteiger partial charge >= 0.3 is 0 Å². The van der Waals surface area contributed by atoms with E-state index < -0.39 is 0 Å². The zero-order valence-corrected chi connectivity index (χ0v) is 10.9. The van der Waals surface area contributed by atoms with Gasteiger partial charge in [0.15, 0.2) is 5.12 Å². The summed E-state index contributed by atoms with van der Waals surface area (Å²) < 4.78 is 0. The standard InChI is InChI=1S/C15H14O2S/c1-11(16)18-10-4-7-14-13-6-3-2-5-12(13)8-9-15(14)17/h2-9,17H,10H2,1H3. The number of hydrogen-bond acceptors (Lipinski definition) is 3. The summed E-state index contributed by atoms with van der Waals surface area (Å²) in [5.74, 6) is 0.885. The molecule has 0 amide bonds. The van der Waals surface area contributed by atoms with Gasteiger partial charge in [0, 0.05) is 18.2 Å². The van der Waals surface area contributed by atoms with Crippen LogP contribution in [0, 0.1) is 0 Å². The number of rotatable bonds is 3. The van der Waals surface area contributed by atoms with Crippen LogP contribution in [0.25, 0.3) is 16.8 Å². The number of thioether (sulfide) groups is 1. The van der Waals surface area contributed by atoms with Gasteiger partial charge in [-0.25, -0.2) is 0 Å². The fourth-order valence-corrected chi connectivity index (χ4v) is 2.22. The van der Waals surface area contributed by atoms with Gasteiger partial charge in [-0.2, -0.15) is 0 Å². The van der Waals surface area contributed by atoms with Gasteiger partial charge in [0.1, 0.15) is 5.75 Å². The van der Waals surface area contributed by atoms with E-state index in [0.717, 1.165) is 16.3 Å². The highest BCUT2D eigenvalue weighted by molar-refractivity contribution is 8.13. The van der Waals surface area contributed by atoms with E-state index in [1.165, 1.54) is 11.8 Å². The molecule has 2 aromatic carbocycles. The Morgan fingerprint density at radius 3 is 2.83 bits per heavy atom. The molecule has 2 nitrogen and oxygen atoms in total. The van der Waals surface area contributed by atoms with Crippen molar-refractivity contribution in [2.45, 2.75) is 6.92 Å². The quantitative estimate of drug-likeness (QED) is 0.909. The third kappa shape index (κ3) is 2.93. The molecule has 0 atom stereocenters. The Morgan fingerprint density at radius 2 is 2.06 bits per heavy atom. The van der Waals surface area contributed by atoms with Crippen molar-refractivity contribution >= 4 is 33.7 Å². The van der Waals surface area contributed by atoms with Crippen molar-refractivity contribution in [2.24, 2.45) is 0 Å². The summed E-state index contributed by atoms with van der Waals surface area (Å²) in [4.78, 5) is 10.8. The first-order chi connectivity index (χ1) is 8.68. The Bertz CT molecular complexity index is 602. The summed E-state index contributed by atoms with van der Waals surface area (Å²) in [6.45, 7) is 1.55. The molecule has 0 radical (unpaired) electrons. The molecule has 0 heterocycles. The van der Waals surface area contributed by atoms with Crippen molar-refractivity contribution in [2.75, 3.05) is 5.75 Å². The molecule has 0 spiro atoms. The van der Waals surface area contributed by atoms with E-state index in [4.69, 9.17) is 0 Å². The highest BCUT2D eigenvalue weighted by Crippen LogP contribution is 2.28. The predicted octanol–water partition coefficient (Wildman–Crippen LogP) is 3.84. The molecule has 2 rings (SSSR count). The second-order valence-corrected chi connectivity index (χ2v) is 5.12. The number of hydrogen-bond donors (Lipinski definition) is 1. The molecule has 0 bridgehead atoms. The molecule has 0 aliphatic carbocycles. The lowest BCUT2D eigenvalue weighted by atomic mass is 10.0. The van der Waals surface area contributed by atoms with E-state index in [1.54, 1.807) is 13.0 Å². The lowest BCUT2D eigenvalue weighted by Crippen LogP contribution is -1.83. The van der Waals surface area contributed by atoms with Crippen molar-refractivity contribution < 1.29 is 9.90 Å². The second-order valence-electron chi connectivity index (χ2n) is 3.92. The molecule has 0 saturated carbocycles. The summed E-state index contributed by atoms with van der Waals surface area (Å²) >= 11 is 1.25. The maximum absolute atomic E-state index is 10.8. The first-order valence-electron chi connectivity index (χ1n) is 5.69. The van der Waals surface area contributed by atoms with E-state index in [-0.39, 0.29) is 10.9 Å². The van der Waals surface area contributed by atoms with Gasteiger partial charge in [-0.3, -0.25) is 4.79 Å². The van der Waals surface area contributed by atoms with Gasteiger partial charge in [-0.05, 0) is 16.8 Å². The number of fused-ring (bicyclic) bond motifs is 1. The van der Waals surface area contributed by atoms with Gasteiger partial charge in [0.2, 0.25) is 0 Å². The van der Waals surface area contributed by atoms with E-state index in [2.05, 4.69) is 0 Å². The normalized spacial score (nSPS) is 11.2. The molecule has 3 heteroatoms. The molecular weight excluding hydrogens is 244 g/mol. The fourth-order valence-electron chi connectivity index (χ4n) is 1.79. The minimum atomic E-state index is 0.0989.